The van der Waals surface area contributed by atoms with E-state index in [2.05, 4.69) is 0 Å². The SMILES string of the molecule is CCCC(COC)C(=O)NC(=O)c1c(F)cccc1F. The Bertz CT molecular complexity index is 465. The van der Waals surface area contributed by atoms with Crippen LogP contribution in [0.1, 0.15) is 30.1 Å². The van der Waals surface area contributed by atoms with Crippen molar-refractivity contribution >= 4 is 11.8 Å². The maximum Gasteiger partial charge on any atom is 0.263 e. The molecule has 0 aliphatic heterocycles. The second kappa shape index (κ2) is 7.69. The molecule has 4 nitrogen and oxygen atoms in total. The van der Waals surface area contributed by atoms with Crippen LogP contribution in [0, 0.1) is 17.6 Å². The molecule has 0 heterocycles. The Hall–Kier alpha value is -1.82. The maximum atomic E-state index is 13.4. The lowest BCUT2D eigenvalue weighted by Gasteiger charge is -2.14. The number of halogens is 2. The van der Waals surface area contributed by atoms with Crippen molar-refractivity contribution in [2.75, 3.05) is 13.7 Å². The lowest BCUT2D eigenvalue weighted by Crippen LogP contribution is -2.38. The number of methoxy groups -OCH3 is 1. The molecule has 1 N–H and O–H groups in total. The minimum absolute atomic E-state index is 0.146. The lowest BCUT2D eigenvalue weighted by molar-refractivity contribution is -0.125. The van der Waals surface area contributed by atoms with Crippen LogP contribution in [0.5, 0.6) is 0 Å². The van der Waals surface area contributed by atoms with Crippen molar-refractivity contribution in [3.05, 3.63) is 35.4 Å². The highest BCUT2D eigenvalue weighted by atomic mass is 19.1. The summed E-state index contributed by atoms with van der Waals surface area (Å²) < 4.78 is 31.7. The molecule has 1 unspecified atom stereocenters. The minimum atomic E-state index is -1.08. The molecule has 1 aromatic rings. The molecular formula is C14H17F2NO3. The summed E-state index contributed by atoms with van der Waals surface area (Å²) in [5.74, 6) is -4.21. The number of ether oxygens (including phenoxy) is 1. The average Bonchev–Trinajstić information content (AvgIpc) is 2.38. The number of hydrogen-bond acceptors (Lipinski definition) is 3. The number of imide groups is 1. The first-order chi connectivity index (χ1) is 9.51. The van der Waals surface area contributed by atoms with Gasteiger partial charge in [0.15, 0.2) is 0 Å². The van der Waals surface area contributed by atoms with Gasteiger partial charge in [0.05, 0.1) is 12.5 Å². The Morgan fingerprint density at radius 1 is 1.30 bits per heavy atom. The van der Waals surface area contributed by atoms with Crippen molar-refractivity contribution < 1.29 is 23.1 Å². The molecule has 0 spiro atoms. The fourth-order valence-corrected chi connectivity index (χ4v) is 1.83. The molecular weight excluding hydrogens is 268 g/mol. The molecule has 0 radical (unpaired) electrons. The zero-order chi connectivity index (χ0) is 15.1. The lowest BCUT2D eigenvalue weighted by atomic mass is 10.0. The number of nitrogens with one attached hydrogen (secondary N) is 1. The van der Waals surface area contributed by atoms with Gasteiger partial charge < -0.3 is 4.74 Å². The number of benzene rings is 1. The minimum Gasteiger partial charge on any atom is -0.384 e. The zero-order valence-electron chi connectivity index (χ0n) is 11.4. The van der Waals surface area contributed by atoms with Gasteiger partial charge in [-0.05, 0) is 18.6 Å². The Balaban J connectivity index is 2.81. The Kier molecular flexibility index (Phi) is 6.24. The second-order valence-corrected chi connectivity index (χ2v) is 4.36. The van der Waals surface area contributed by atoms with Gasteiger partial charge in [-0.1, -0.05) is 19.4 Å². The van der Waals surface area contributed by atoms with Crippen LogP contribution < -0.4 is 5.32 Å². The average molecular weight is 285 g/mol. The highest BCUT2D eigenvalue weighted by molar-refractivity contribution is 6.05. The first-order valence-electron chi connectivity index (χ1n) is 6.29. The monoisotopic (exact) mass is 285 g/mol. The molecule has 2 amide bonds. The third-order valence-electron chi connectivity index (χ3n) is 2.80. The van der Waals surface area contributed by atoms with E-state index in [0.717, 1.165) is 24.6 Å². The third-order valence-corrected chi connectivity index (χ3v) is 2.80. The molecule has 0 saturated heterocycles. The van der Waals surface area contributed by atoms with E-state index < -0.39 is 34.9 Å². The highest BCUT2D eigenvalue weighted by Gasteiger charge is 2.23. The summed E-state index contributed by atoms with van der Waals surface area (Å²) in [5.41, 5.74) is -0.756. The molecule has 20 heavy (non-hydrogen) atoms. The van der Waals surface area contributed by atoms with E-state index in [-0.39, 0.29) is 6.61 Å². The summed E-state index contributed by atoms with van der Waals surface area (Å²) in [6.45, 7) is 2.03. The molecule has 1 aromatic carbocycles. The highest BCUT2D eigenvalue weighted by Crippen LogP contribution is 2.13. The van der Waals surface area contributed by atoms with Gasteiger partial charge in [0, 0.05) is 7.11 Å². The van der Waals surface area contributed by atoms with Gasteiger partial charge in [0.25, 0.3) is 5.91 Å². The largest absolute Gasteiger partial charge is 0.384 e. The van der Waals surface area contributed by atoms with Gasteiger partial charge in [0.2, 0.25) is 5.91 Å². The van der Waals surface area contributed by atoms with Crippen molar-refractivity contribution in [2.24, 2.45) is 5.92 Å². The summed E-state index contributed by atoms with van der Waals surface area (Å²) in [6.07, 6.45) is 1.25. The van der Waals surface area contributed by atoms with Crippen molar-refractivity contribution in [3.63, 3.8) is 0 Å². The predicted molar refractivity (Wildman–Crippen MR) is 69.1 cm³/mol. The fraction of sp³-hybridized carbons (Fsp3) is 0.429. The standard InChI is InChI=1S/C14H17F2NO3/c1-3-5-9(8-20-2)13(18)17-14(19)12-10(15)6-4-7-11(12)16/h4,6-7,9H,3,5,8H2,1-2H3,(H,17,18,19). The third kappa shape index (κ3) is 4.09. The molecule has 0 bridgehead atoms. The van der Waals surface area contributed by atoms with Crippen LogP contribution in [0.2, 0.25) is 0 Å². The van der Waals surface area contributed by atoms with Gasteiger partial charge >= 0.3 is 0 Å². The normalized spacial score (nSPS) is 12.0. The number of rotatable bonds is 6. The van der Waals surface area contributed by atoms with Crippen LogP contribution in [-0.4, -0.2) is 25.5 Å². The van der Waals surface area contributed by atoms with Gasteiger partial charge in [-0.25, -0.2) is 8.78 Å². The molecule has 0 aliphatic carbocycles. The molecule has 6 heteroatoms. The quantitative estimate of drug-likeness (QED) is 0.872. The van der Waals surface area contributed by atoms with Crippen LogP contribution in [0.3, 0.4) is 0 Å². The summed E-state index contributed by atoms with van der Waals surface area (Å²) in [5, 5.41) is 2.01. The number of carbonyl (C=O) groups is 2. The van der Waals surface area contributed by atoms with Crippen molar-refractivity contribution in [2.45, 2.75) is 19.8 Å². The predicted octanol–water partition coefficient (Wildman–Crippen LogP) is 2.28. The van der Waals surface area contributed by atoms with Crippen LogP contribution >= 0.6 is 0 Å². The molecule has 0 aliphatic rings. The number of amides is 2. The molecule has 0 fully saturated rings. The topological polar surface area (TPSA) is 55.4 Å². The number of carbonyl (C=O) groups excluding carboxylic acids is 2. The first-order valence-corrected chi connectivity index (χ1v) is 6.29. The first kappa shape index (κ1) is 16.2. The second-order valence-electron chi connectivity index (χ2n) is 4.36. The molecule has 110 valence electrons. The summed E-state index contributed by atoms with van der Waals surface area (Å²) >= 11 is 0. The van der Waals surface area contributed by atoms with Gasteiger partial charge in [-0.2, -0.15) is 0 Å². The Labute approximate surface area is 116 Å². The summed E-state index contributed by atoms with van der Waals surface area (Å²) in [4.78, 5) is 23.6. The summed E-state index contributed by atoms with van der Waals surface area (Å²) in [7, 11) is 1.44. The van der Waals surface area contributed by atoms with E-state index in [1.54, 1.807) is 0 Å². The van der Waals surface area contributed by atoms with Crippen molar-refractivity contribution in [3.8, 4) is 0 Å². The van der Waals surface area contributed by atoms with Gasteiger partial charge in [0.1, 0.15) is 17.2 Å². The zero-order valence-corrected chi connectivity index (χ0v) is 11.4. The Morgan fingerprint density at radius 2 is 1.90 bits per heavy atom. The van der Waals surface area contributed by atoms with E-state index in [9.17, 15) is 18.4 Å². The van der Waals surface area contributed by atoms with E-state index >= 15 is 0 Å². The van der Waals surface area contributed by atoms with Crippen molar-refractivity contribution in [1.82, 2.24) is 5.32 Å². The summed E-state index contributed by atoms with van der Waals surface area (Å²) in [6, 6.07) is 3.07. The van der Waals surface area contributed by atoms with Gasteiger partial charge in [-0.3, -0.25) is 14.9 Å². The molecule has 0 saturated carbocycles. The van der Waals surface area contributed by atoms with E-state index in [4.69, 9.17) is 4.74 Å². The Morgan fingerprint density at radius 3 is 2.40 bits per heavy atom. The van der Waals surface area contributed by atoms with Crippen molar-refractivity contribution in [1.29, 1.82) is 0 Å². The maximum absolute atomic E-state index is 13.4. The van der Waals surface area contributed by atoms with Crippen LogP contribution in [0.25, 0.3) is 0 Å². The fourth-order valence-electron chi connectivity index (χ4n) is 1.83. The van der Waals surface area contributed by atoms with E-state index in [0.29, 0.717) is 6.42 Å². The smallest absolute Gasteiger partial charge is 0.263 e. The van der Waals surface area contributed by atoms with E-state index in [1.165, 1.54) is 7.11 Å². The van der Waals surface area contributed by atoms with E-state index in [1.807, 2.05) is 12.2 Å². The van der Waals surface area contributed by atoms with Crippen LogP contribution in [0.15, 0.2) is 18.2 Å². The molecule has 1 atom stereocenters. The van der Waals surface area contributed by atoms with Crippen LogP contribution in [-0.2, 0) is 9.53 Å². The number of hydrogen-bond donors (Lipinski definition) is 1. The van der Waals surface area contributed by atoms with Gasteiger partial charge in [-0.15, -0.1) is 0 Å². The molecule has 0 aromatic heterocycles. The molecule has 1 rings (SSSR count). The van der Waals surface area contributed by atoms with Crippen LogP contribution in [0.4, 0.5) is 8.78 Å².